The van der Waals surface area contributed by atoms with E-state index >= 15 is 0 Å². The zero-order valence-electron chi connectivity index (χ0n) is 18.8. The predicted molar refractivity (Wildman–Crippen MR) is 117 cm³/mol. The Hall–Kier alpha value is -3.31. The minimum Gasteiger partial charge on any atom is -0.453 e. The van der Waals surface area contributed by atoms with Gasteiger partial charge in [-0.05, 0) is 17.7 Å². The molecule has 1 heterocycles. The van der Waals surface area contributed by atoms with Crippen LogP contribution >= 0.6 is 0 Å². The van der Waals surface area contributed by atoms with Crippen molar-refractivity contribution < 1.29 is 43.3 Å². The molecule has 1 aliphatic rings. The smallest absolute Gasteiger partial charge is 0.356 e. The van der Waals surface area contributed by atoms with Crippen LogP contribution in [0.2, 0.25) is 0 Å². The molecule has 0 aliphatic carbocycles. The summed E-state index contributed by atoms with van der Waals surface area (Å²) < 4.78 is 21.9. The molecule has 1 aliphatic heterocycles. The first-order valence-corrected chi connectivity index (χ1v) is 10.7. The van der Waals surface area contributed by atoms with E-state index in [2.05, 4.69) is 5.48 Å². The number of carbonyl (C=O) groups is 3. The normalized spacial score (nSPS) is 22.6. The van der Waals surface area contributed by atoms with E-state index in [0.29, 0.717) is 5.56 Å². The van der Waals surface area contributed by atoms with Gasteiger partial charge in [0.25, 0.3) is 0 Å². The monoisotopic (exact) mass is 473 g/mol. The van der Waals surface area contributed by atoms with Crippen molar-refractivity contribution in [3.8, 4) is 0 Å². The van der Waals surface area contributed by atoms with E-state index < -0.39 is 48.6 Å². The summed E-state index contributed by atoms with van der Waals surface area (Å²) in [4.78, 5) is 40.3. The number of hydrogen-bond acceptors (Lipinski definition) is 10. The number of carbonyl (C=O) groups excluding carboxylic acids is 3. The van der Waals surface area contributed by atoms with E-state index in [1.54, 1.807) is 30.3 Å². The third kappa shape index (κ3) is 7.09. The molecule has 1 unspecified atom stereocenters. The van der Waals surface area contributed by atoms with Gasteiger partial charge in [-0.2, -0.15) is 5.48 Å². The molecule has 0 spiro atoms. The van der Waals surface area contributed by atoms with Crippen LogP contribution in [0.25, 0.3) is 0 Å². The third-order valence-corrected chi connectivity index (χ3v) is 4.95. The van der Waals surface area contributed by atoms with Crippen LogP contribution in [-0.2, 0) is 40.0 Å². The predicted octanol–water partition coefficient (Wildman–Crippen LogP) is 1.51. The summed E-state index contributed by atoms with van der Waals surface area (Å²) in [6, 6.07) is 17.7. The van der Waals surface area contributed by atoms with Gasteiger partial charge in [-0.15, -0.1) is 0 Å². The van der Waals surface area contributed by atoms with Crippen LogP contribution in [0.5, 0.6) is 0 Å². The SMILES string of the molecule is CC(=O)O[C@H]1O[C@H](C(CNOC(=O)c2ccccc2)OCc2ccccc2)[C@@H](O)[C@H]1OC(C)=O. The number of aliphatic hydroxyl groups is 1. The number of nitrogens with one attached hydrogen (secondary N) is 1. The van der Waals surface area contributed by atoms with E-state index in [0.717, 1.165) is 5.56 Å². The lowest BCUT2D eigenvalue weighted by Crippen LogP contribution is -2.46. The summed E-state index contributed by atoms with van der Waals surface area (Å²) >= 11 is 0. The highest BCUT2D eigenvalue weighted by molar-refractivity contribution is 5.89. The molecule has 1 saturated heterocycles. The second-order valence-electron chi connectivity index (χ2n) is 7.58. The number of hydroxylamine groups is 1. The molecule has 0 aromatic heterocycles. The third-order valence-electron chi connectivity index (χ3n) is 4.95. The number of benzene rings is 2. The summed E-state index contributed by atoms with van der Waals surface area (Å²) in [5.41, 5.74) is 3.75. The molecular weight excluding hydrogens is 446 g/mol. The molecule has 0 radical (unpaired) electrons. The highest BCUT2D eigenvalue weighted by Crippen LogP contribution is 2.29. The van der Waals surface area contributed by atoms with Crippen molar-refractivity contribution in [2.75, 3.05) is 6.54 Å². The van der Waals surface area contributed by atoms with Gasteiger partial charge in [-0.1, -0.05) is 48.5 Å². The Kier molecular flexibility index (Phi) is 9.11. The van der Waals surface area contributed by atoms with E-state index in [4.69, 9.17) is 23.8 Å². The highest BCUT2D eigenvalue weighted by Gasteiger charge is 2.51. The molecule has 0 bridgehead atoms. The summed E-state index contributed by atoms with van der Waals surface area (Å²) in [6.45, 7) is 2.41. The van der Waals surface area contributed by atoms with Gasteiger partial charge < -0.3 is 28.9 Å². The van der Waals surface area contributed by atoms with Gasteiger partial charge in [0.15, 0.2) is 6.10 Å². The number of rotatable bonds is 10. The quantitative estimate of drug-likeness (QED) is 0.298. The first-order chi connectivity index (χ1) is 16.3. The van der Waals surface area contributed by atoms with E-state index in [9.17, 15) is 19.5 Å². The van der Waals surface area contributed by atoms with Crippen molar-refractivity contribution in [3.05, 3.63) is 71.8 Å². The Morgan fingerprint density at radius 3 is 2.21 bits per heavy atom. The Bertz CT molecular complexity index is 953. The Labute approximate surface area is 196 Å². The fraction of sp³-hybridized carbons (Fsp3) is 0.375. The summed E-state index contributed by atoms with van der Waals surface area (Å²) in [6.07, 6.45) is -5.89. The molecule has 3 rings (SSSR count). The molecular formula is C24H27NO9. The molecule has 5 atom stereocenters. The van der Waals surface area contributed by atoms with Gasteiger partial charge in [-0.3, -0.25) is 9.59 Å². The zero-order valence-corrected chi connectivity index (χ0v) is 18.8. The standard InChI is InChI=1S/C24H27NO9/c1-15(26)31-22-20(28)21(33-24(22)32-16(2)27)19(30-14-17-9-5-3-6-10-17)13-25-34-23(29)18-11-7-4-8-12-18/h3-12,19-22,24-25,28H,13-14H2,1-2H3/t19?,20-,21-,22-,24+/m1/s1. The van der Waals surface area contributed by atoms with Crippen molar-refractivity contribution in [2.45, 2.75) is 51.2 Å². The van der Waals surface area contributed by atoms with Crippen LogP contribution in [0, 0.1) is 0 Å². The van der Waals surface area contributed by atoms with Crippen molar-refractivity contribution >= 4 is 17.9 Å². The van der Waals surface area contributed by atoms with Crippen molar-refractivity contribution in [1.29, 1.82) is 0 Å². The molecule has 2 aromatic rings. The Balaban J connectivity index is 1.71. The number of hydrogen-bond donors (Lipinski definition) is 2. The van der Waals surface area contributed by atoms with E-state index in [-0.39, 0.29) is 13.2 Å². The van der Waals surface area contributed by atoms with Crippen LogP contribution in [0.1, 0.15) is 29.8 Å². The van der Waals surface area contributed by atoms with E-state index in [1.807, 2.05) is 30.3 Å². The number of ether oxygens (including phenoxy) is 4. The first kappa shape index (κ1) is 25.3. The fourth-order valence-corrected chi connectivity index (χ4v) is 3.41. The molecule has 2 N–H and O–H groups in total. The van der Waals surface area contributed by atoms with Crippen LogP contribution < -0.4 is 5.48 Å². The second-order valence-corrected chi connectivity index (χ2v) is 7.58. The Morgan fingerprint density at radius 1 is 0.971 bits per heavy atom. The van der Waals surface area contributed by atoms with Gasteiger partial charge in [0.05, 0.1) is 18.7 Å². The van der Waals surface area contributed by atoms with E-state index in [1.165, 1.54) is 13.8 Å². The lowest BCUT2D eigenvalue weighted by atomic mass is 10.1. The number of esters is 2. The Morgan fingerprint density at radius 2 is 1.59 bits per heavy atom. The topological polar surface area (TPSA) is 130 Å². The molecule has 0 amide bonds. The fourth-order valence-electron chi connectivity index (χ4n) is 3.41. The summed E-state index contributed by atoms with van der Waals surface area (Å²) in [5, 5.41) is 10.8. The van der Waals surface area contributed by atoms with Crippen molar-refractivity contribution in [1.82, 2.24) is 5.48 Å². The molecule has 10 heteroatoms. The zero-order chi connectivity index (χ0) is 24.5. The second kappa shape index (κ2) is 12.2. The van der Waals surface area contributed by atoms with Crippen LogP contribution in [0.3, 0.4) is 0 Å². The van der Waals surface area contributed by atoms with Crippen molar-refractivity contribution in [2.24, 2.45) is 0 Å². The largest absolute Gasteiger partial charge is 0.453 e. The van der Waals surface area contributed by atoms with Gasteiger partial charge in [0, 0.05) is 13.8 Å². The van der Waals surface area contributed by atoms with Crippen LogP contribution in [0.15, 0.2) is 60.7 Å². The molecule has 0 saturated carbocycles. The summed E-state index contributed by atoms with van der Waals surface area (Å²) in [5.74, 6) is -1.96. The summed E-state index contributed by atoms with van der Waals surface area (Å²) in [7, 11) is 0. The molecule has 1 fully saturated rings. The van der Waals surface area contributed by atoms with Crippen molar-refractivity contribution in [3.63, 3.8) is 0 Å². The lowest BCUT2D eigenvalue weighted by molar-refractivity contribution is -0.201. The van der Waals surface area contributed by atoms with Gasteiger partial charge >= 0.3 is 17.9 Å². The first-order valence-electron chi connectivity index (χ1n) is 10.7. The maximum atomic E-state index is 12.2. The molecule has 10 nitrogen and oxygen atoms in total. The van der Waals surface area contributed by atoms with Gasteiger partial charge in [0.1, 0.15) is 18.3 Å². The van der Waals surface area contributed by atoms with Crippen LogP contribution in [-0.4, -0.2) is 60.3 Å². The molecule has 2 aromatic carbocycles. The molecule has 34 heavy (non-hydrogen) atoms. The molecule has 182 valence electrons. The maximum Gasteiger partial charge on any atom is 0.356 e. The minimum absolute atomic E-state index is 0.0767. The van der Waals surface area contributed by atoms with Gasteiger partial charge in [-0.25, -0.2) is 4.79 Å². The average molecular weight is 473 g/mol. The van der Waals surface area contributed by atoms with Gasteiger partial charge in [0.2, 0.25) is 6.29 Å². The minimum atomic E-state index is -1.37. The highest BCUT2D eigenvalue weighted by atomic mass is 16.7. The number of aliphatic hydroxyl groups excluding tert-OH is 1. The average Bonchev–Trinajstić information content (AvgIpc) is 3.11. The lowest BCUT2D eigenvalue weighted by Gasteiger charge is -2.26. The van der Waals surface area contributed by atoms with Crippen LogP contribution in [0.4, 0.5) is 0 Å². The maximum absolute atomic E-state index is 12.2.